The van der Waals surface area contributed by atoms with Gasteiger partial charge in [-0.2, -0.15) is 0 Å². The second kappa shape index (κ2) is 5.99. The van der Waals surface area contributed by atoms with Crippen LogP contribution in [0.1, 0.15) is 37.2 Å². The van der Waals surface area contributed by atoms with E-state index in [1.807, 2.05) is 0 Å². The summed E-state index contributed by atoms with van der Waals surface area (Å²) >= 11 is 0. The smallest absolute Gasteiger partial charge is 0.675 e. The third-order valence-electron chi connectivity index (χ3n) is 3.13. The summed E-state index contributed by atoms with van der Waals surface area (Å²) in [5.41, 5.74) is 8.61. The van der Waals surface area contributed by atoms with Crippen LogP contribution in [0, 0.1) is 0 Å². The van der Waals surface area contributed by atoms with E-state index in [-0.39, 0.29) is 56.2 Å². The number of benzene rings is 1. The molecule has 4 heteroatoms. The van der Waals surface area contributed by atoms with E-state index in [1.54, 1.807) is 12.1 Å². The first kappa shape index (κ1) is 13.9. The minimum absolute atomic E-state index is 0. The first-order chi connectivity index (χ1) is 7.16. The van der Waals surface area contributed by atoms with Crippen LogP contribution in [0.15, 0.2) is 18.2 Å². The van der Waals surface area contributed by atoms with Gasteiger partial charge in [-0.05, 0) is 24.0 Å². The average Bonchev–Trinajstić information content (AvgIpc) is 2.17. The van der Waals surface area contributed by atoms with Crippen LogP contribution in [0.5, 0.6) is 11.5 Å². The number of aromatic hydroxyl groups is 2. The van der Waals surface area contributed by atoms with E-state index in [2.05, 4.69) is 0 Å². The Morgan fingerprint density at radius 2 is 1.94 bits per heavy atom. The molecule has 1 saturated carbocycles. The molecule has 3 N–H and O–H groups in total. The number of hydrogen-bond acceptors (Lipinski definition) is 2. The van der Waals surface area contributed by atoms with Gasteiger partial charge in [-0.25, -0.2) is 0 Å². The number of hydrogen-bond donors (Lipinski definition) is 2. The summed E-state index contributed by atoms with van der Waals surface area (Å²) in [4.78, 5) is 0. The zero-order chi connectivity index (χ0) is 10.8. The zero-order valence-corrected chi connectivity index (χ0v) is 12.0. The quantitative estimate of drug-likeness (QED) is 0.835. The van der Waals surface area contributed by atoms with E-state index in [0.717, 1.165) is 31.2 Å². The molecule has 1 aromatic rings. The molecular formula is C12H16NO2Y+2. The average molecular weight is 295 g/mol. The second-order valence-corrected chi connectivity index (χ2v) is 4.30. The van der Waals surface area contributed by atoms with Crippen molar-refractivity contribution in [1.82, 2.24) is 0 Å². The minimum atomic E-state index is -0.00282. The Kier molecular flexibility index (Phi) is 5.22. The van der Waals surface area contributed by atoms with Crippen molar-refractivity contribution in [3.05, 3.63) is 29.5 Å². The van der Waals surface area contributed by atoms with Crippen LogP contribution in [0.2, 0.25) is 0 Å². The van der Waals surface area contributed by atoms with Gasteiger partial charge in [-0.1, -0.05) is 25.3 Å². The SMILES string of the molecule is [NH-]C1CCCC(c2ccc(O)cc2O)C1.[Y+3]. The number of rotatable bonds is 1. The van der Waals surface area contributed by atoms with Crippen LogP contribution in [0.25, 0.3) is 5.73 Å². The molecule has 0 saturated heterocycles. The minimum Gasteiger partial charge on any atom is -0.675 e. The molecule has 0 aliphatic heterocycles. The maximum atomic E-state index is 9.71. The topological polar surface area (TPSA) is 64.3 Å². The molecule has 0 heterocycles. The molecule has 0 bridgehead atoms. The Hall–Kier alpha value is -0.116. The zero-order valence-electron chi connectivity index (χ0n) is 9.19. The van der Waals surface area contributed by atoms with Crippen LogP contribution in [-0.2, 0) is 32.7 Å². The second-order valence-electron chi connectivity index (χ2n) is 4.30. The summed E-state index contributed by atoms with van der Waals surface area (Å²) in [6, 6.07) is 4.75. The molecule has 1 aliphatic carbocycles. The summed E-state index contributed by atoms with van der Waals surface area (Å²) in [7, 11) is 0. The molecule has 82 valence electrons. The van der Waals surface area contributed by atoms with Crippen molar-refractivity contribution in [3.63, 3.8) is 0 Å². The van der Waals surface area contributed by atoms with Gasteiger partial charge in [0.25, 0.3) is 0 Å². The number of phenols is 2. The maximum absolute atomic E-state index is 9.71. The van der Waals surface area contributed by atoms with Crippen molar-refractivity contribution in [2.24, 2.45) is 0 Å². The third-order valence-corrected chi connectivity index (χ3v) is 3.13. The van der Waals surface area contributed by atoms with E-state index < -0.39 is 0 Å². The number of nitrogens with one attached hydrogen (secondary N) is 1. The Morgan fingerprint density at radius 3 is 2.56 bits per heavy atom. The molecule has 0 amide bonds. The summed E-state index contributed by atoms with van der Waals surface area (Å²) < 4.78 is 0. The molecule has 1 aliphatic rings. The van der Waals surface area contributed by atoms with E-state index >= 15 is 0 Å². The van der Waals surface area contributed by atoms with Crippen molar-refractivity contribution >= 4 is 0 Å². The summed E-state index contributed by atoms with van der Waals surface area (Å²) in [6.07, 6.45) is 3.88. The predicted octanol–water partition coefficient (Wildman–Crippen LogP) is 3.17. The molecule has 2 atom stereocenters. The third kappa shape index (κ3) is 3.19. The molecule has 16 heavy (non-hydrogen) atoms. The molecule has 0 radical (unpaired) electrons. The first-order valence-electron chi connectivity index (χ1n) is 5.40. The van der Waals surface area contributed by atoms with E-state index in [9.17, 15) is 10.2 Å². The molecule has 1 aromatic carbocycles. The molecule has 2 rings (SSSR count). The van der Waals surface area contributed by atoms with Gasteiger partial charge >= 0.3 is 32.7 Å². The van der Waals surface area contributed by atoms with E-state index in [0.29, 0.717) is 0 Å². The molecule has 0 spiro atoms. The predicted molar refractivity (Wildman–Crippen MR) is 59.1 cm³/mol. The van der Waals surface area contributed by atoms with Crippen molar-refractivity contribution in [2.75, 3.05) is 0 Å². The summed E-state index contributed by atoms with van der Waals surface area (Å²) in [5, 5.41) is 18.9. The first-order valence-corrected chi connectivity index (χ1v) is 5.40. The molecular weight excluding hydrogens is 279 g/mol. The van der Waals surface area contributed by atoms with Crippen LogP contribution in [0.4, 0.5) is 0 Å². The van der Waals surface area contributed by atoms with Gasteiger partial charge in [0.05, 0.1) is 0 Å². The van der Waals surface area contributed by atoms with Gasteiger partial charge in [0.1, 0.15) is 11.5 Å². The fourth-order valence-electron chi connectivity index (χ4n) is 2.35. The van der Waals surface area contributed by atoms with Gasteiger partial charge < -0.3 is 15.9 Å². The molecule has 0 aromatic heterocycles. The van der Waals surface area contributed by atoms with Crippen LogP contribution >= 0.6 is 0 Å². The van der Waals surface area contributed by atoms with Crippen molar-refractivity contribution < 1.29 is 42.9 Å². The van der Waals surface area contributed by atoms with Gasteiger partial charge in [0.2, 0.25) is 0 Å². The fraction of sp³-hybridized carbons (Fsp3) is 0.500. The Labute approximate surface area is 121 Å². The summed E-state index contributed by atoms with van der Waals surface area (Å²) in [5.74, 6) is 0.533. The van der Waals surface area contributed by atoms with Gasteiger partial charge in [0, 0.05) is 6.07 Å². The van der Waals surface area contributed by atoms with Crippen LogP contribution < -0.4 is 0 Å². The molecule has 3 nitrogen and oxygen atoms in total. The van der Waals surface area contributed by atoms with Crippen molar-refractivity contribution in [3.8, 4) is 11.5 Å². The van der Waals surface area contributed by atoms with Crippen LogP contribution in [0.3, 0.4) is 0 Å². The van der Waals surface area contributed by atoms with Gasteiger partial charge in [-0.3, -0.25) is 0 Å². The van der Waals surface area contributed by atoms with Crippen molar-refractivity contribution in [1.29, 1.82) is 0 Å². The Bertz CT molecular complexity index is 357. The standard InChI is InChI=1S/C12H16NO2.Y/c13-9-3-1-2-8(6-9)11-5-4-10(14)7-12(11)15;/h4-5,7-9,13-15H,1-3,6H2;/q-1;+3. The Morgan fingerprint density at radius 1 is 1.19 bits per heavy atom. The fourth-order valence-corrected chi connectivity index (χ4v) is 2.35. The molecule has 1 fully saturated rings. The van der Waals surface area contributed by atoms with E-state index in [4.69, 9.17) is 5.73 Å². The van der Waals surface area contributed by atoms with Crippen molar-refractivity contribution in [2.45, 2.75) is 37.6 Å². The van der Waals surface area contributed by atoms with Crippen LogP contribution in [-0.4, -0.2) is 16.3 Å². The largest absolute Gasteiger partial charge is 3.00 e. The Balaban J connectivity index is 0.00000128. The van der Waals surface area contributed by atoms with Gasteiger partial charge in [0.15, 0.2) is 0 Å². The summed E-state index contributed by atoms with van der Waals surface area (Å²) in [6.45, 7) is 0. The maximum Gasteiger partial charge on any atom is 3.00 e. The molecule has 2 unspecified atom stereocenters. The van der Waals surface area contributed by atoms with Gasteiger partial charge in [-0.15, -0.1) is 6.04 Å². The normalized spacial score (nSPS) is 24.8. The number of phenolic OH excluding ortho intramolecular Hbond substituents is 2. The monoisotopic (exact) mass is 295 g/mol. The van der Waals surface area contributed by atoms with E-state index in [1.165, 1.54) is 6.07 Å².